The fourth-order valence-corrected chi connectivity index (χ4v) is 4.01. The predicted octanol–water partition coefficient (Wildman–Crippen LogP) is 4.14. The number of primary amides is 1. The summed E-state index contributed by atoms with van der Waals surface area (Å²) in [5.74, 6) is -0.901. The monoisotopic (exact) mass is 493 g/mol. The first-order chi connectivity index (χ1) is 17.2. The van der Waals surface area contributed by atoms with E-state index in [2.05, 4.69) is 20.2 Å². The Kier molecular flexibility index (Phi) is 5.43. The molecule has 0 aliphatic heterocycles. The minimum atomic E-state index is -4.85. The van der Waals surface area contributed by atoms with Crippen molar-refractivity contribution in [2.75, 3.05) is 7.11 Å². The lowest BCUT2D eigenvalue weighted by Gasteiger charge is -2.12. The molecule has 0 aliphatic carbocycles. The Hall–Kier alpha value is -4.74. The zero-order valence-corrected chi connectivity index (χ0v) is 19.0. The molecule has 0 fully saturated rings. The summed E-state index contributed by atoms with van der Waals surface area (Å²) in [4.78, 5) is 20.8. The number of fused-ring (bicyclic) bond motifs is 1. The first-order valence-electron chi connectivity index (χ1n) is 10.6. The van der Waals surface area contributed by atoms with E-state index in [0.717, 1.165) is 5.56 Å². The number of benzene rings is 2. The molecule has 182 valence electrons. The van der Waals surface area contributed by atoms with Crippen LogP contribution in [0.15, 0.2) is 61.2 Å². The minimum absolute atomic E-state index is 0.128. The number of hydrogen-bond acceptors (Lipinski definition) is 6. The lowest BCUT2D eigenvalue weighted by Crippen LogP contribution is -2.17. The minimum Gasteiger partial charge on any atom is -0.496 e. The summed E-state index contributed by atoms with van der Waals surface area (Å²) in [5, 5.41) is 8.69. The highest BCUT2D eigenvalue weighted by molar-refractivity contribution is 6.03. The van der Waals surface area contributed by atoms with Gasteiger partial charge in [-0.15, -0.1) is 13.2 Å². The zero-order valence-electron chi connectivity index (χ0n) is 19.0. The van der Waals surface area contributed by atoms with E-state index in [-0.39, 0.29) is 21.7 Å². The summed E-state index contributed by atoms with van der Waals surface area (Å²) < 4.78 is 46.9. The molecule has 0 atom stereocenters. The van der Waals surface area contributed by atoms with Crippen molar-refractivity contribution in [1.82, 2.24) is 29.5 Å². The van der Waals surface area contributed by atoms with Gasteiger partial charge in [-0.2, -0.15) is 14.9 Å². The van der Waals surface area contributed by atoms with Crippen LogP contribution in [-0.4, -0.2) is 42.5 Å². The van der Waals surface area contributed by atoms with Crippen molar-refractivity contribution in [3.05, 3.63) is 66.7 Å². The van der Waals surface area contributed by atoms with Crippen LogP contribution in [0.25, 0.3) is 44.7 Å². The number of aromatic nitrogens is 6. The molecule has 5 rings (SSSR count). The van der Waals surface area contributed by atoms with Crippen molar-refractivity contribution in [3.8, 4) is 39.5 Å². The molecule has 1 amide bonds. The number of amides is 1. The highest BCUT2D eigenvalue weighted by atomic mass is 19.4. The second-order valence-corrected chi connectivity index (χ2v) is 7.89. The number of nitrogens with zero attached hydrogens (tertiary/aromatic N) is 6. The quantitative estimate of drug-likeness (QED) is 0.394. The summed E-state index contributed by atoms with van der Waals surface area (Å²) >= 11 is 0. The lowest BCUT2D eigenvalue weighted by atomic mass is 9.99. The third-order valence-electron chi connectivity index (χ3n) is 5.58. The van der Waals surface area contributed by atoms with E-state index in [4.69, 9.17) is 10.5 Å². The largest absolute Gasteiger partial charge is 0.504 e. The number of carbonyl (C=O) groups excluding carboxylic acids is 1. The number of carbonyl (C=O) groups is 1. The van der Waals surface area contributed by atoms with E-state index < -0.39 is 17.8 Å². The van der Waals surface area contributed by atoms with Crippen LogP contribution in [0, 0.1) is 0 Å². The summed E-state index contributed by atoms with van der Waals surface area (Å²) in [5.41, 5.74) is 7.99. The molecular formula is C24H18F3N7O2. The number of ether oxygens (including phenoxy) is 1. The fraction of sp³-hybridized carbons (Fsp3) is 0.125. The van der Waals surface area contributed by atoms with E-state index in [9.17, 15) is 18.0 Å². The molecule has 3 heterocycles. The van der Waals surface area contributed by atoms with Crippen LogP contribution in [0.1, 0.15) is 10.4 Å². The van der Waals surface area contributed by atoms with Crippen molar-refractivity contribution in [1.29, 1.82) is 0 Å². The topological polar surface area (TPSA) is 114 Å². The van der Waals surface area contributed by atoms with Gasteiger partial charge in [0.25, 0.3) is 5.91 Å². The van der Waals surface area contributed by atoms with E-state index in [1.807, 2.05) is 30.3 Å². The van der Waals surface area contributed by atoms with Gasteiger partial charge in [0.2, 0.25) is 0 Å². The van der Waals surface area contributed by atoms with Crippen molar-refractivity contribution in [3.63, 3.8) is 0 Å². The molecular weight excluding hydrogens is 475 g/mol. The zero-order chi connectivity index (χ0) is 25.6. The normalized spacial score (nSPS) is 11.7. The highest BCUT2D eigenvalue weighted by Gasteiger charge is 2.34. The molecule has 0 bridgehead atoms. The van der Waals surface area contributed by atoms with Crippen molar-refractivity contribution >= 4 is 16.8 Å². The molecule has 0 aliphatic rings. The number of aryl methyl sites for hydroxylation is 1. The molecule has 0 spiro atoms. The van der Waals surface area contributed by atoms with Gasteiger partial charge in [0.05, 0.1) is 23.9 Å². The first-order valence-corrected chi connectivity index (χ1v) is 10.6. The van der Waals surface area contributed by atoms with E-state index in [1.165, 1.54) is 13.4 Å². The van der Waals surface area contributed by atoms with Gasteiger partial charge in [-0.05, 0) is 6.07 Å². The summed E-state index contributed by atoms with van der Waals surface area (Å²) in [7, 11) is 3.13. The Morgan fingerprint density at radius 3 is 2.39 bits per heavy atom. The Bertz CT molecular complexity index is 1610. The number of hydrogen-bond donors (Lipinski definition) is 1. The predicted molar refractivity (Wildman–Crippen MR) is 125 cm³/mol. The summed E-state index contributed by atoms with van der Waals surface area (Å²) in [6.45, 7) is 0. The smallest absolute Gasteiger partial charge is 0.496 e. The summed E-state index contributed by atoms with van der Waals surface area (Å²) in [6, 6.07) is 12.6. The van der Waals surface area contributed by atoms with Gasteiger partial charge < -0.3 is 10.5 Å². The average Bonchev–Trinajstić information content (AvgIpc) is 3.48. The fourth-order valence-electron chi connectivity index (χ4n) is 4.01. The van der Waals surface area contributed by atoms with Gasteiger partial charge in [-0.25, -0.2) is 9.97 Å². The van der Waals surface area contributed by atoms with E-state index in [0.29, 0.717) is 34.1 Å². The number of alkyl halides is 3. The Morgan fingerprint density at radius 1 is 0.972 bits per heavy atom. The van der Waals surface area contributed by atoms with Crippen LogP contribution in [0.5, 0.6) is 5.75 Å². The summed E-state index contributed by atoms with van der Waals surface area (Å²) in [6.07, 6.45) is -1.12. The maximum Gasteiger partial charge on any atom is 0.504 e. The standard InChI is InChI=1S/C24H18F3N7O2/c1-33-10-16(20(31-33)13-6-4-3-5-7-13)21-14-8-15(19(36-2)9-18(14)29-12-30-21)22-17(23(28)35)11-34(32-22)24(25,26)27/h3-12H,1-2H3,(H2,28,35). The molecule has 0 saturated heterocycles. The van der Waals surface area contributed by atoms with Crippen molar-refractivity contribution in [2.45, 2.75) is 6.30 Å². The number of nitrogens with two attached hydrogens (primary N) is 1. The van der Waals surface area contributed by atoms with Crippen LogP contribution >= 0.6 is 0 Å². The van der Waals surface area contributed by atoms with Crippen LogP contribution in [0.4, 0.5) is 13.2 Å². The van der Waals surface area contributed by atoms with Gasteiger partial charge in [0.1, 0.15) is 23.5 Å². The molecule has 36 heavy (non-hydrogen) atoms. The molecule has 9 nitrogen and oxygen atoms in total. The molecule has 2 aromatic carbocycles. The SMILES string of the molecule is COc1cc2ncnc(-c3cn(C)nc3-c3ccccc3)c2cc1-c1nn(C(F)(F)F)cc1C(N)=O. The Morgan fingerprint density at radius 2 is 1.72 bits per heavy atom. The van der Waals surface area contributed by atoms with Gasteiger partial charge in [0.15, 0.2) is 0 Å². The number of halogens is 3. The van der Waals surface area contributed by atoms with Crippen LogP contribution in [0.3, 0.4) is 0 Å². The second-order valence-electron chi connectivity index (χ2n) is 7.89. The maximum absolute atomic E-state index is 13.4. The first kappa shape index (κ1) is 23.0. The molecule has 0 saturated carbocycles. The van der Waals surface area contributed by atoms with Gasteiger partial charge in [-0.3, -0.25) is 9.48 Å². The van der Waals surface area contributed by atoms with Crippen molar-refractivity contribution in [2.24, 2.45) is 12.8 Å². The van der Waals surface area contributed by atoms with Gasteiger partial charge in [0, 0.05) is 47.6 Å². The van der Waals surface area contributed by atoms with Crippen LogP contribution < -0.4 is 10.5 Å². The third kappa shape index (κ3) is 3.91. The highest BCUT2D eigenvalue weighted by Crippen LogP contribution is 2.40. The molecule has 0 radical (unpaired) electrons. The van der Waals surface area contributed by atoms with Crippen LogP contribution in [0.2, 0.25) is 0 Å². The molecule has 3 aromatic heterocycles. The number of rotatable bonds is 5. The Balaban J connectivity index is 1.79. The van der Waals surface area contributed by atoms with Crippen LogP contribution in [-0.2, 0) is 13.3 Å². The average molecular weight is 493 g/mol. The van der Waals surface area contributed by atoms with E-state index >= 15 is 0 Å². The maximum atomic E-state index is 13.4. The second kappa shape index (κ2) is 8.48. The lowest BCUT2D eigenvalue weighted by molar-refractivity contribution is -0.212. The number of methoxy groups -OCH3 is 1. The third-order valence-corrected chi connectivity index (χ3v) is 5.58. The molecule has 12 heteroatoms. The Labute approximate surface area is 202 Å². The van der Waals surface area contributed by atoms with Gasteiger partial charge >= 0.3 is 6.30 Å². The molecule has 5 aromatic rings. The molecule has 2 N–H and O–H groups in total. The molecule has 0 unspecified atom stereocenters. The van der Waals surface area contributed by atoms with E-state index in [1.54, 1.807) is 30.1 Å². The van der Waals surface area contributed by atoms with Gasteiger partial charge in [-0.1, -0.05) is 30.3 Å². The van der Waals surface area contributed by atoms with Crippen molar-refractivity contribution < 1.29 is 22.7 Å².